The highest BCUT2D eigenvalue weighted by molar-refractivity contribution is 7.98. The third kappa shape index (κ3) is 8.91. The van der Waals surface area contributed by atoms with Gasteiger partial charge in [-0.25, -0.2) is 0 Å². The Balaban J connectivity index is 0.00000400. The highest BCUT2D eigenvalue weighted by atomic mass is 35.5. The molecular weight excluding hydrogens is 306 g/mol. The summed E-state index contributed by atoms with van der Waals surface area (Å²) in [5.41, 5.74) is 5.82. The molecule has 0 aliphatic carbocycles. The number of nitrogens with two attached hydrogens (primary N) is 1. The second kappa shape index (κ2) is 12.6. The van der Waals surface area contributed by atoms with E-state index >= 15 is 0 Å². The van der Waals surface area contributed by atoms with Gasteiger partial charge in [0.2, 0.25) is 5.91 Å². The number of hydrogen-bond acceptors (Lipinski definition) is 4. The van der Waals surface area contributed by atoms with Gasteiger partial charge in [-0.2, -0.15) is 11.8 Å². The van der Waals surface area contributed by atoms with Gasteiger partial charge in [-0.1, -0.05) is 6.42 Å². The minimum absolute atomic E-state index is 0. The van der Waals surface area contributed by atoms with E-state index in [1.807, 2.05) is 6.26 Å². The SMILES string of the molecule is CSCC[C@H](N)C(=O)NCCCCN1CCCCC1C.Cl. The molecule has 126 valence electrons. The number of amides is 1. The first-order chi connectivity index (χ1) is 9.65. The molecule has 0 radical (unpaired) electrons. The van der Waals surface area contributed by atoms with Gasteiger partial charge in [0.1, 0.15) is 0 Å². The molecule has 0 aromatic carbocycles. The number of hydrogen-bond donors (Lipinski definition) is 2. The van der Waals surface area contributed by atoms with Gasteiger partial charge in [0.25, 0.3) is 0 Å². The average Bonchev–Trinajstić information content (AvgIpc) is 2.46. The molecule has 1 heterocycles. The van der Waals surface area contributed by atoms with Gasteiger partial charge in [0, 0.05) is 12.6 Å². The van der Waals surface area contributed by atoms with E-state index in [1.165, 1.54) is 25.8 Å². The molecule has 2 atom stereocenters. The lowest BCUT2D eigenvalue weighted by molar-refractivity contribution is -0.122. The molecule has 0 saturated carbocycles. The summed E-state index contributed by atoms with van der Waals surface area (Å²) < 4.78 is 0. The highest BCUT2D eigenvalue weighted by Crippen LogP contribution is 2.16. The predicted molar refractivity (Wildman–Crippen MR) is 95.4 cm³/mol. The molecular formula is C15H32ClN3OS. The fourth-order valence-electron chi connectivity index (χ4n) is 2.65. The number of rotatable bonds is 9. The maximum absolute atomic E-state index is 11.7. The number of halogens is 1. The largest absolute Gasteiger partial charge is 0.355 e. The molecule has 1 fully saturated rings. The van der Waals surface area contributed by atoms with E-state index in [0.29, 0.717) is 0 Å². The molecule has 1 amide bonds. The van der Waals surface area contributed by atoms with Crippen molar-refractivity contribution >= 4 is 30.1 Å². The van der Waals surface area contributed by atoms with Crippen molar-refractivity contribution in [2.45, 2.75) is 57.5 Å². The smallest absolute Gasteiger partial charge is 0.236 e. The van der Waals surface area contributed by atoms with Gasteiger partial charge in [0.05, 0.1) is 6.04 Å². The summed E-state index contributed by atoms with van der Waals surface area (Å²) in [5.74, 6) is 0.951. The molecule has 1 aliphatic heterocycles. The quantitative estimate of drug-likeness (QED) is 0.634. The van der Waals surface area contributed by atoms with Gasteiger partial charge in [-0.3, -0.25) is 4.79 Å². The van der Waals surface area contributed by atoms with E-state index in [4.69, 9.17) is 5.73 Å². The van der Waals surface area contributed by atoms with Crippen LogP contribution in [0.25, 0.3) is 0 Å². The molecule has 21 heavy (non-hydrogen) atoms. The first-order valence-electron chi connectivity index (χ1n) is 7.91. The Morgan fingerprint density at radius 2 is 2.19 bits per heavy atom. The zero-order valence-electron chi connectivity index (χ0n) is 13.5. The maximum atomic E-state index is 11.7. The topological polar surface area (TPSA) is 58.4 Å². The Morgan fingerprint density at radius 1 is 1.43 bits per heavy atom. The molecule has 3 N–H and O–H groups in total. The lowest BCUT2D eigenvalue weighted by Crippen LogP contribution is -2.41. The Morgan fingerprint density at radius 3 is 2.86 bits per heavy atom. The van der Waals surface area contributed by atoms with Crippen LogP contribution in [0.4, 0.5) is 0 Å². The van der Waals surface area contributed by atoms with E-state index in [9.17, 15) is 4.79 Å². The number of likely N-dealkylation sites (tertiary alicyclic amines) is 1. The maximum Gasteiger partial charge on any atom is 0.236 e. The Bertz CT molecular complexity index is 282. The molecule has 1 aliphatic rings. The third-order valence-corrected chi connectivity index (χ3v) is 4.73. The molecule has 4 nitrogen and oxygen atoms in total. The summed E-state index contributed by atoms with van der Waals surface area (Å²) >= 11 is 1.73. The number of nitrogens with one attached hydrogen (secondary N) is 1. The Hall–Kier alpha value is 0.0300. The van der Waals surface area contributed by atoms with Crippen LogP contribution in [-0.4, -0.2) is 54.5 Å². The first-order valence-corrected chi connectivity index (χ1v) is 9.30. The van der Waals surface area contributed by atoms with Crippen molar-refractivity contribution in [2.75, 3.05) is 31.6 Å². The summed E-state index contributed by atoms with van der Waals surface area (Å²) in [4.78, 5) is 14.3. The van der Waals surface area contributed by atoms with E-state index in [-0.39, 0.29) is 24.4 Å². The summed E-state index contributed by atoms with van der Waals surface area (Å²) in [7, 11) is 0. The second-order valence-corrected chi connectivity index (χ2v) is 6.75. The number of nitrogens with zero attached hydrogens (tertiary/aromatic N) is 1. The Kier molecular flexibility index (Phi) is 12.6. The molecule has 0 aromatic rings. The van der Waals surface area contributed by atoms with Gasteiger partial charge >= 0.3 is 0 Å². The summed E-state index contributed by atoms with van der Waals surface area (Å²) in [6.07, 6.45) is 9.05. The van der Waals surface area contributed by atoms with Crippen LogP contribution < -0.4 is 11.1 Å². The van der Waals surface area contributed by atoms with Crippen LogP contribution in [0.5, 0.6) is 0 Å². The molecule has 1 unspecified atom stereocenters. The van der Waals surface area contributed by atoms with Gasteiger partial charge in [-0.05, 0) is 64.1 Å². The lowest BCUT2D eigenvalue weighted by Gasteiger charge is -2.33. The second-order valence-electron chi connectivity index (χ2n) is 5.77. The van der Waals surface area contributed by atoms with Crippen LogP contribution in [0, 0.1) is 0 Å². The summed E-state index contributed by atoms with van der Waals surface area (Å²) in [6.45, 7) is 5.49. The molecule has 0 spiro atoms. The highest BCUT2D eigenvalue weighted by Gasteiger charge is 2.17. The zero-order valence-corrected chi connectivity index (χ0v) is 15.1. The fraction of sp³-hybridized carbons (Fsp3) is 0.933. The van der Waals surface area contributed by atoms with E-state index in [1.54, 1.807) is 11.8 Å². The minimum atomic E-state index is -0.343. The van der Waals surface area contributed by atoms with Crippen molar-refractivity contribution in [3.8, 4) is 0 Å². The van der Waals surface area contributed by atoms with E-state index in [2.05, 4.69) is 17.1 Å². The lowest BCUT2D eigenvalue weighted by atomic mass is 10.0. The number of carbonyl (C=O) groups is 1. The normalized spacial score (nSPS) is 20.6. The van der Waals surface area contributed by atoms with Crippen molar-refractivity contribution < 1.29 is 4.79 Å². The van der Waals surface area contributed by atoms with Crippen molar-refractivity contribution in [1.29, 1.82) is 0 Å². The van der Waals surface area contributed by atoms with Crippen molar-refractivity contribution in [3.63, 3.8) is 0 Å². The van der Waals surface area contributed by atoms with Crippen LogP contribution >= 0.6 is 24.2 Å². The van der Waals surface area contributed by atoms with Gasteiger partial charge in [-0.15, -0.1) is 12.4 Å². The fourth-order valence-corrected chi connectivity index (χ4v) is 3.14. The van der Waals surface area contributed by atoms with Gasteiger partial charge in [0.15, 0.2) is 0 Å². The number of carbonyl (C=O) groups excluding carboxylic acids is 1. The van der Waals surface area contributed by atoms with Crippen LogP contribution in [0.1, 0.15) is 45.4 Å². The van der Waals surface area contributed by atoms with Crippen LogP contribution in [-0.2, 0) is 4.79 Å². The molecule has 0 bridgehead atoms. The molecule has 1 rings (SSSR count). The van der Waals surface area contributed by atoms with Crippen molar-refractivity contribution in [2.24, 2.45) is 5.73 Å². The number of thioether (sulfide) groups is 1. The number of unbranched alkanes of at least 4 members (excludes halogenated alkanes) is 1. The van der Waals surface area contributed by atoms with Crippen LogP contribution in [0.15, 0.2) is 0 Å². The Labute approximate surface area is 140 Å². The van der Waals surface area contributed by atoms with Crippen LogP contribution in [0.3, 0.4) is 0 Å². The summed E-state index contributed by atoms with van der Waals surface area (Å²) in [6, 6.07) is 0.392. The standard InChI is InChI=1S/C15H31N3OS.ClH/c1-13-7-3-5-10-18(13)11-6-4-9-17-15(19)14(16)8-12-20-2;/h13-14H,3-12,16H2,1-2H3,(H,17,19);1H/t13?,14-;/m0./s1. The van der Waals surface area contributed by atoms with Crippen LogP contribution in [0.2, 0.25) is 0 Å². The molecule has 6 heteroatoms. The van der Waals surface area contributed by atoms with Crippen molar-refractivity contribution in [1.82, 2.24) is 10.2 Å². The monoisotopic (exact) mass is 337 g/mol. The average molecular weight is 338 g/mol. The van der Waals surface area contributed by atoms with Gasteiger partial charge < -0.3 is 16.0 Å². The predicted octanol–water partition coefficient (Wildman–Crippen LogP) is 2.26. The minimum Gasteiger partial charge on any atom is -0.355 e. The van der Waals surface area contributed by atoms with E-state index in [0.717, 1.165) is 44.1 Å². The molecule has 0 aromatic heterocycles. The number of piperidine rings is 1. The first kappa shape index (κ1) is 21.0. The summed E-state index contributed by atoms with van der Waals surface area (Å²) in [5, 5.41) is 2.95. The van der Waals surface area contributed by atoms with Crippen molar-refractivity contribution in [3.05, 3.63) is 0 Å². The van der Waals surface area contributed by atoms with E-state index < -0.39 is 0 Å². The molecule has 1 saturated heterocycles. The zero-order chi connectivity index (χ0) is 14.8. The third-order valence-electron chi connectivity index (χ3n) is 4.08.